The average molecular weight is 402 g/mol. The Kier molecular flexibility index (Phi) is 6.86. The zero-order valence-corrected chi connectivity index (χ0v) is 17.5. The van der Waals surface area contributed by atoms with Gasteiger partial charge in [-0.15, -0.1) is 0 Å². The van der Waals surface area contributed by atoms with Gasteiger partial charge in [-0.25, -0.2) is 0 Å². The first-order valence-corrected chi connectivity index (χ1v) is 10.00. The van der Waals surface area contributed by atoms with Crippen LogP contribution in [0.2, 0.25) is 0 Å². The minimum Gasteiger partial charge on any atom is -0.376 e. The summed E-state index contributed by atoms with van der Waals surface area (Å²) >= 11 is 0. The predicted molar refractivity (Wildman–Crippen MR) is 122 cm³/mol. The number of carbonyl (C=O) groups excluding carboxylic acids is 2. The lowest BCUT2D eigenvalue weighted by atomic mass is 10.1. The third-order valence-corrected chi connectivity index (χ3v) is 5.10. The summed E-state index contributed by atoms with van der Waals surface area (Å²) in [4.78, 5) is 24.9. The molecule has 30 heavy (non-hydrogen) atoms. The molecule has 5 heteroatoms. The normalized spacial score (nSPS) is 11.4. The maximum absolute atomic E-state index is 12.6. The lowest BCUT2D eigenvalue weighted by Crippen LogP contribution is -2.27. The fourth-order valence-electron chi connectivity index (χ4n) is 3.14. The van der Waals surface area contributed by atoms with E-state index in [4.69, 9.17) is 0 Å². The highest BCUT2D eigenvalue weighted by Crippen LogP contribution is 2.18. The Morgan fingerprint density at radius 2 is 1.63 bits per heavy atom. The van der Waals surface area contributed by atoms with Crippen LogP contribution >= 0.6 is 0 Å². The van der Waals surface area contributed by atoms with Crippen LogP contribution < -0.4 is 16.0 Å². The largest absolute Gasteiger partial charge is 0.376 e. The number of nitrogens with one attached hydrogen (secondary N) is 3. The Hall–Kier alpha value is -3.60. The highest BCUT2D eigenvalue weighted by Gasteiger charge is 2.12. The molecule has 3 aromatic rings. The molecule has 1 atom stereocenters. The van der Waals surface area contributed by atoms with E-state index in [-0.39, 0.29) is 24.4 Å². The van der Waals surface area contributed by atoms with Crippen molar-refractivity contribution in [3.8, 4) is 0 Å². The molecule has 3 aromatic carbocycles. The van der Waals surface area contributed by atoms with Crippen LogP contribution in [0.1, 0.15) is 40.0 Å². The first-order valence-electron chi connectivity index (χ1n) is 10.00. The quantitative estimate of drug-likeness (QED) is 0.530. The number of amides is 2. The maximum Gasteiger partial charge on any atom is 0.251 e. The van der Waals surface area contributed by atoms with Gasteiger partial charge >= 0.3 is 0 Å². The van der Waals surface area contributed by atoms with E-state index in [1.807, 2.05) is 75.4 Å². The molecule has 0 aliphatic carbocycles. The molecule has 0 fully saturated rings. The van der Waals surface area contributed by atoms with Crippen molar-refractivity contribution in [1.82, 2.24) is 5.32 Å². The van der Waals surface area contributed by atoms with E-state index < -0.39 is 0 Å². The standard InChI is InChI=1S/C25H27N3O2/c1-17-9-7-14-23(18(17)2)28-24(29)16-26-22-13-8-12-21(15-22)25(30)27-19(3)20-10-5-4-6-11-20/h4-15,19,26H,16H2,1-3H3,(H,27,30)(H,28,29). The minimum atomic E-state index is -0.158. The smallest absolute Gasteiger partial charge is 0.251 e. The van der Waals surface area contributed by atoms with Crippen molar-refractivity contribution in [2.45, 2.75) is 26.8 Å². The van der Waals surface area contributed by atoms with Gasteiger partial charge in [0.25, 0.3) is 5.91 Å². The number of benzene rings is 3. The number of anilines is 2. The van der Waals surface area contributed by atoms with Gasteiger partial charge in [-0.1, -0.05) is 48.5 Å². The van der Waals surface area contributed by atoms with Crippen LogP contribution in [-0.4, -0.2) is 18.4 Å². The molecule has 0 heterocycles. The zero-order valence-electron chi connectivity index (χ0n) is 17.5. The van der Waals surface area contributed by atoms with E-state index in [0.29, 0.717) is 11.3 Å². The van der Waals surface area contributed by atoms with E-state index >= 15 is 0 Å². The Morgan fingerprint density at radius 1 is 0.900 bits per heavy atom. The van der Waals surface area contributed by atoms with Gasteiger partial charge in [0.05, 0.1) is 12.6 Å². The summed E-state index contributed by atoms with van der Waals surface area (Å²) in [5.74, 6) is -0.300. The van der Waals surface area contributed by atoms with E-state index in [0.717, 1.165) is 22.4 Å². The van der Waals surface area contributed by atoms with Crippen molar-refractivity contribution in [3.05, 3.63) is 95.1 Å². The number of aryl methyl sites for hydroxylation is 1. The number of rotatable bonds is 7. The lowest BCUT2D eigenvalue weighted by molar-refractivity contribution is -0.114. The van der Waals surface area contributed by atoms with Gasteiger partial charge in [0.2, 0.25) is 5.91 Å². The second kappa shape index (κ2) is 9.74. The summed E-state index contributed by atoms with van der Waals surface area (Å²) in [5, 5.41) is 9.01. The van der Waals surface area contributed by atoms with Gasteiger partial charge in [-0.3, -0.25) is 9.59 Å². The molecule has 1 unspecified atom stereocenters. The molecule has 0 spiro atoms. The summed E-state index contributed by atoms with van der Waals surface area (Å²) in [6.45, 7) is 6.06. The Morgan fingerprint density at radius 3 is 2.40 bits per heavy atom. The van der Waals surface area contributed by atoms with Crippen LogP contribution in [-0.2, 0) is 4.79 Å². The highest BCUT2D eigenvalue weighted by atomic mass is 16.2. The van der Waals surface area contributed by atoms with Crippen LogP contribution in [0, 0.1) is 13.8 Å². The van der Waals surface area contributed by atoms with E-state index in [1.165, 1.54) is 0 Å². The summed E-state index contributed by atoms with van der Waals surface area (Å²) < 4.78 is 0. The van der Waals surface area contributed by atoms with Crippen molar-refractivity contribution in [2.24, 2.45) is 0 Å². The predicted octanol–water partition coefficient (Wildman–Crippen LogP) is 4.85. The summed E-state index contributed by atoms with van der Waals surface area (Å²) in [7, 11) is 0. The first-order chi connectivity index (χ1) is 14.4. The van der Waals surface area contributed by atoms with Gasteiger partial charge < -0.3 is 16.0 Å². The van der Waals surface area contributed by atoms with Gasteiger partial charge in [0.1, 0.15) is 0 Å². The lowest BCUT2D eigenvalue weighted by Gasteiger charge is -2.15. The molecule has 0 aliphatic rings. The molecule has 2 amide bonds. The van der Waals surface area contributed by atoms with Crippen molar-refractivity contribution in [1.29, 1.82) is 0 Å². The summed E-state index contributed by atoms with van der Waals surface area (Å²) in [6.07, 6.45) is 0. The molecule has 5 nitrogen and oxygen atoms in total. The molecular formula is C25H27N3O2. The van der Waals surface area contributed by atoms with Crippen molar-refractivity contribution >= 4 is 23.2 Å². The molecule has 0 radical (unpaired) electrons. The van der Waals surface area contributed by atoms with Crippen molar-refractivity contribution in [3.63, 3.8) is 0 Å². The van der Waals surface area contributed by atoms with Crippen LogP contribution in [0.25, 0.3) is 0 Å². The maximum atomic E-state index is 12.6. The second-order valence-corrected chi connectivity index (χ2v) is 7.34. The number of hydrogen-bond donors (Lipinski definition) is 3. The fraction of sp³-hybridized carbons (Fsp3) is 0.200. The molecule has 154 valence electrons. The number of hydrogen-bond acceptors (Lipinski definition) is 3. The molecule has 3 rings (SSSR count). The minimum absolute atomic E-state index is 0.0985. The topological polar surface area (TPSA) is 70.2 Å². The summed E-state index contributed by atoms with van der Waals surface area (Å²) in [6, 6.07) is 22.7. The first kappa shape index (κ1) is 21.1. The summed E-state index contributed by atoms with van der Waals surface area (Å²) in [5.41, 5.74) is 5.29. The van der Waals surface area contributed by atoms with Crippen LogP contribution in [0.15, 0.2) is 72.8 Å². The fourth-order valence-corrected chi connectivity index (χ4v) is 3.14. The van der Waals surface area contributed by atoms with Gasteiger partial charge in [-0.2, -0.15) is 0 Å². The molecule has 0 saturated heterocycles. The second-order valence-electron chi connectivity index (χ2n) is 7.34. The molecule has 3 N–H and O–H groups in total. The Bertz CT molecular complexity index is 1030. The Labute approximate surface area is 177 Å². The van der Waals surface area contributed by atoms with Crippen LogP contribution in [0.4, 0.5) is 11.4 Å². The van der Waals surface area contributed by atoms with E-state index in [2.05, 4.69) is 16.0 Å². The molecule has 0 saturated carbocycles. The molecule has 0 aromatic heterocycles. The van der Waals surface area contributed by atoms with Crippen molar-refractivity contribution in [2.75, 3.05) is 17.2 Å². The van der Waals surface area contributed by atoms with Crippen LogP contribution in [0.3, 0.4) is 0 Å². The third-order valence-electron chi connectivity index (χ3n) is 5.10. The average Bonchev–Trinajstić information content (AvgIpc) is 2.76. The SMILES string of the molecule is Cc1cccc(NC(=O)CNc2cccc(C(=O)NC(C)c3ccccc3)c2)c1C. The monoisotopic (exact) mass is 401 g/mol. The van der Waals surface area contributed by atoms with E-state index in [9.17, 15) is 9.59 Å². The van der Waals surface area contributed by atoms with Gasteiger partial charge in [0, 0.05) is 16.9 Å². The number of carbonyl (C=O) groups is 2. The highest BCUT2D eigenvalue weighted by molar-refractivity contribution is 5.96. The zero-order chi connectivity index (χ0) is 21.5. The molecule has 0 aliphatic heterocycles. The van der Waals surface area contributed by atoms with Gasteiger partial charge in [0.15, 0.2) is 0 Å². The van der Waals surface area contributed by atoms with Crippen molar-refractivity contribution < 1.29 is 9.59 Å². The van der Waals surface area contributed by atoms with Crippen LogP contribution in [0.5, 0.6) is 0 Å². The van der Waals surface area contributed by atoms with Gasteiger partial charge in [-0.05, 0) is 61.7 Å². The Balaban J connectivity index is 1.58. The molecule has 0 bridgehead atoms. The third kappa shape index (κ3) is 5.47. The molecular weight excluding hydrogens is 374 g/mol. The van der Waals surface area contributed by atoms with E-state index in [1.54, 1.807) is 18.2 Å².